The van der Waals surface area contributed by atoms with Gasteiger partial charge in [-0.3, -0.25) is 5.32 Å². The van der Waals surface area contributed by atoms with E-state index in [1.165, 1.54) is 13.1 Å². The number of rotatable bonds is 3. The van der Waals surface area contributed by atoms with Crippen LogP contribution in [0.3, 0.4) is 0 Å². The quantitative estimate of drug-likeness (QED) is 0.629. The van der Waals surface area contributed by atoms with Crippen molar-refractivity contribution in [2.45, 2.75) is 32.4 Å². The van der Waals surface area contributed by atoms with Gasteiger partial charge in [-0.15, -0.1) is 0 Å². The second kappa shape index (κ2) is 3.23. The highest BCUT2D eigenvalue weighted by Gasteiger charge is 2.52. The van der Waals surface area contributed by atoms with E-state index in [1.54, 1.807) is 0 Å². The van der Waals surface area contributed by atoms with E-state index in [0.29, 0.717) is 6.73 Å². The van der Waals surface area contributed by atoms with Gasteiger partial charge in [-0.2, -0.15) is 0 Å². The van der Waals surface area contributed by atoms with E-state index in [2.05, 4.69) is 31.4 Å². The predicted molar refractivity (Wildman–Crippen MR) is 52.5 cm³/mol. The molecule has 0 aromatic carbocycles. The molecule has 0 bridgehead atoms. The zero-order chi connectivity index (χ0) is 9.47. The lowest BCUT2D eigenvalue weighted by atomic mass is 10.2. The van der Waals surface area contributed by atoms with E-state index >= 15 is 0 Å². The largest absolute Gasteiger partial charge is 0.361 e. The number of ether oxygens (including phenoxy) is 1. The average molecular weight is 184 g/mol. The molecular formula is C10H20N2O. The minimum Gasteiger partial charge on any atom is -0.361 e. The van der Waals surface area contributed by atoms with Crippen molar-refractivity contribution in [3.05, 3.63) is 0 Å². The average Bonchev–Trinajstić information content (AvgIpc) is 2.48. The first kappa shape index (κ1) is 9.44. The Bertz CT molecular complexity index is 178. The molecule has 2 N–H and O–H groups in total. The summed E-state index contributed by atoms with van der Waals surface area (Å²) in [7, 11) is 0. The highest BCUT2D eigenvalue weighted by molar-refractivity contribution is 5.08. The van der Waals surface area contributed by atoms with Gasteiger partial charge in [0.15, 0.2) is 0 Å². The van der Waals surface area contributed by atoms with Crippen LogP contribution in [0.2, 0.25) is 0 Å². The summed E-state index contributed by atoms with van der Waals surface area (Å²) in [6.45, 7) is 9.34. The molecule has 1 aliphatic carbocycles. The van der Waals surface area contributed by atoms with Crippen LogP contribution in [0.5, 0.6) is 0 Å². The zero-order valence-electron chi connectivity index (χ0n) is 8.76. The minimum absolute atomic E-state index is 0.0186. The molecule has 0 spiro atoms. The van der Waals surface area contributed by atoms with Gasteiger partial charge in [0, 0.05) is 6.04 Å². The molecule has 0 aromatic rings. The molecular weight excluding hydrogens is 164 g/mol. The van der Waals surface area contributed by atoms with E-state index in [1.807, 2.05) is 0 Å². The van der Waals surface area contributed by atoms with Gasteiger partial charge < -0.3 is 10.1 Å². The maximum Gasteiger partial charge on any atom is 0.0974 e. The molecule has 0 radical (unpaired) electrons. The van der Waals surface area contributed by atoms with Crippen molar-refractivity contribution in [3.8, 4) is 0 Å². The lowest BCUT2D eigenvalue weighted by Crippen LogP contribution is -2.33. The van der Waals surface area contributed by atoms with E-state index in [0.717, 1.165) is 17.9 Å². The Hall–Kier alpha value is -0.120. The van der Waals surface area contributed by atoms with Crippen molar-refractivity contribution >= 4 is 0 Å². The zero-order valence-corrected chi connectivity index (χ0v) is 8.76. The molecule has 76 valence electrons. The Morgan fingerprint density at radius 1 is 1.31 bits per heavy atom. The third kappa shape index (κ3) is 2.22. The molecule has 1 saturated heterocycles. The Balaban J connectivity index is 1.60. The highest BCUT2D eigenvalue weighted by atomic mass is 16.5. The summed E-state index contributed by atoms with van der Waals surface area (Å²) in [5, 5.41) is 6.83. The second-order valence-corrected chi connectivity index (χ2v) is 5.12. The lowest BCUT2D eigenvalue weighted by Gasteiger charge is -2.20. The molecule has 2 aliphatic rings. The molecule has 1 aliphatic heterocycles. The van der Waals surface area contributed by atoms with Gasteiger partial charge >= 0.3 is 0 Å². The molecule has 0 aromatic heterocycles. The topological polar surface area (TPSA) is 33.3 Å². The van der Waals surface area contributed by atoms with Crippen LogP contribution in [-0.2, 0) is 4.74 Å². The van der Waals surface area contributed by atoms with Crippen LogP contribution in [0, 0.1) is 11.8 Å². The summed E-state index contributed by atoms with van der Waals surface area (Å²) in [6.07, 6.45) is 0. The lowest BCUT2D eigenvalue weighted by molar-refractivity contribution is -0.0147. The molecule has 2 rings (SSSR count). The number of fused-ring (bicyclic) bond motifs is 1. The maximum atomic E-state index is 5.61. The molecule has 2 atom stereocenters. The number of hydrogen-bond acceptors (Lipinski definition) is 3. The molecule has 13 heavy (non-hydrogen) atoms. The SMILES string of the molecule is CC(C)(C)OCNC1C2CNCC21. The molecule has 1 saturated carbocycles. The standard InChI is InChI=1S/C10H20N2O/c1-10(2,3)13-6-12-9-7-4-11-5-8(7)9/h7-9,11-12H,4-6H2,1-3H3. The Morgan fingerprint density at radius 3 is 2.46 bits per heavy atom. The number of nitrogens with one attached hydrogen (secondary N) is 2. The van der Waals surface area contributed by atoms with Gasteiger partial charge in [-0.05, 0) is 45.7 Å². The summed E-state index contributed by atoms with van der Waals surface area (Å²) in [5.41, 5.74) is -0.0186. The van der Waals surface area contributed by atoms with Crippen molar-refractivity contribution in [2.75, 3.05) is 19.8 Å². The van der Waals surface area contributed by atoms with Crippen molar-refractivity contribution in [1.82, 2.24) is 10.6 Å². The Morgan fingerprint density at radius 2 is 1.92 bits per heavy atom. The number of piperidine rings is 1. The highest BCUT2D eigenvalue weighted by Crippen LogP contribution is 2.41. The van der Waals surface area contributed by atoms with Crippen LogP contribution in [0.25, 0.3) is 0 Å². The van der Waals surface area contributed by atoms with Crippen LogP contribution in [-0.4, -0.2) is 31.5 Å². The molecule has 3 heteroatoms. The second-order valence-electron chi connectivity index (χ2n) is 5.12. The fourth-order valence-electron chi connectivity index (χ4n) is 2.08. The van der Waals surface area contributed by atoms with E-state index in [-0.39, 0.29) is 5.60 Å². The van der Waals surface area contributed by atoms with Crippen LogP contribution < -0.4 is 10.6 Å². The summed E-state index contributed by atoms with van der Waals surface area (Å²) in [6, 6.07) is 0.726. The van der Waals surface area contributed by atoms with Crippen LogP contribution >= 0.6 is 0 Å². The van der Waals surface area contributed by atoms with Crippen LogP contribution in [0.4, 0.5) is 0 Å². The third-order valence-electron chi connectivity index (χ3n) is 2.92. The van der Waals surface area contributed by atoms with E-state index in [4.69, 9.17) is 4.74 Å². The van der Waals surface area contributed by atoms with Crippen molar-refractivity contribution in [2.24, 2.45) is 11.8 Å². The van der Waals surface area contributed by atoms with Crippen molar-refractivity contribution in [3.63, 3.8) is 0 Å². The number of hydrogen-bond donors (Lipinski definition) is 2. The molecule has 1 heterocycles. The van der Waals surface area contributed by atoms with Gasteiger partial charge in [-0.25, -0.2) is 0 Å². The summed E-state index contributed by atoms with van der Waals surface area (Å²) >= 11 is 0. The minimum atomic E-state index is -0.0186. The Labute approximate surface area is 80.2 Å². The van der Waals surface area contributed by atoms with E-state index in [9.17, 15) is 0 Å². The normalized spacial score (nSPS) is 37.6. The first-order valence-electron chi connectivity index (χ1n) is 5.16. The summed E-state index contributed by atoms with van der Waals surface area (Å²) < 4.78 is 5.61. The third-order valence-corrected chi connectivity index (χ3v) is 2.92. The monoisotopic (exact) mass is 184 g/mol. The van der Waals surface area contributed by atoms with Gasteiger partial charge in [0.05, 0.1) is 12.3 Å². The fourth-order valence-corrected chi connectivity index (χ4v) is 2.08. The summed E-state index contributed by atoms with van der Waals surface area (Å²) in [5.74, 6) is 1.76. The van der Waals surface area contributed by atoms with Gasteiger partial charge in [-0.1, -0.05) is 0 Å². The Kier molecular flexibility index (Phi) is 2.34. The molecule has 2 fully saturated rings. The first-order valence-corrected chi connectivity index (χ1v) is 5.16. The van der Waals surface area contributed by atoms with Crippen LogP contribution in [0.1, 0.15) is 20.8 Å². The smallest absolute Gasteiger partial charge is 0.0974 e. The molecule has 0 amide bonds. The van der Waals surface area contributed by atoms with E-state index < -0.39 is 0 Å². The molecule has 3 nitrogen and oxygen atoms in total. The van der Waals surface area contributed by atoms with Gasteiger partial charge in [0.2, 0.25) is 0 Å². The summed E-state index contributed by atoms with van der Waals surface area (Å²) in [4.78, 5) is 0. The maximum absolute atomic E-state index is 5.61. The fraction of sp³-hybridized carbons (Fsp3) is 1.00. The van der Waals surface area contributed by atoms with Crippen molar-refractivity contribution < 1.29 is 4.74 Å². The van der Waals surface area contributed by atoms with Crippen molar-refractivity contribution in [1.29, 1.82) is 0 Å². The predicted octanol–water partition coefficient (Wildman–Crippen LogP) is 0.566. The van der Waals surface area contributed by atoms with Gasteiger partial charge in [0.1, 0.15) is 0 Å². The van der Waals surface area contributed by atoms with Crippen LogP contribution in [0.15, 0.2) is 0 Å². The van der Waals surface area contributed by atoms with Gasteiger partial charge in [0.25, 0.3) is 0 Å². The molecule has 2 unspecified atom stereocenters. The first-order chi connectivity index (χ1) is 6.08.